The fourth-order valence-electron chi connectivity index (χ4n) is 4.06. The fourth-order valence-corrected chi connectivity index (χ4v) is 4.57. The predicted octanol–water partition coefficient (Wildman–Crippen LogP) is 3.90. The van der Waals surface area contributed by atoms with E-state index < -0.39 is 23.5 Å². The minimum atomic E-state index is -1.31. The van der Waals surface area contributed by atoms with Crippen LogP contribution in [0.3, 0.4) is 0 Å². The fraction of sp³-hybridized carbons (Fsp3) is 0.208. The van der Waals surface area contributed by atoms with Crippen LogP contribution in [0.5, 0.6) is 0 Å². The topological polar surface area (TPSA) is 128 Å². The van der Waals surface area contributed by atoms with Gasteiger partial charge in [-0.3, -0.25) is 19.0 Å². The van der Waals surface area contributed by atoms with E-state index in [0.29, 0.717) is 21.3 Å². The number of nitrogens with one attached hydrogen (secondary N) is 1. The van der Waals surface area contributed by atoms with Crippen molar-refractivity contribution in [1.29, 1.82) is 5.26 Å². The number of amides is 2. The van der Waals surface area contributed by atoms with E-state index in [1.165, 1.54) is 28.7 Å². The van der Waals surface area contributed by atoms with Gasteiger partial charge in [0, 0.05) is 16.5 Å². The van der Waals surface area contributed by atoms with Gasteiger partial charge in [-0.15, -0.1) is 0 Å². The molecule has 2 aromatic carbocycles. The van der Waals surface area contributed by atoms with Crippen molar-refractivity contribution in [2.24, 2.45) is 0 Å². The van der Waals surface area contributed by atoms with Crippen LogP contribution in [0.25, 0.3) is 0 Å². The molecule has 0 saturated carbocycles. The van der Waals surface area contributed by atoms with Gasteiger partial charge in [-0.05, 0) is 49.7 Å². The van der Waals surface area contributed by atoms with Gasteiger partial charge in [0.1, 0.15) is 17.3 Å². The number of carboxylic acid groups (broad SMARTS) is 1. The molecule has 0 saturated heterocycles. The lowest BCUT2D eigenvalue weighted by atomic mass is 9.91. The van der Waals surface area contributed by atoms with Gasteiger partial charge in [0.25, 0.3) is 11.8 Å². The van der Waals surface area contributed by atoms with Crippen LogP contribution >= 0.6 is 23.2 Å². The second-order valence-corrected chi connectivity index (χ2v) is 9.21. The summed E-state index contributed by atoms with van der Waals surface area (Å²) in [6.45, 7) is 3.01. The molecule has 11 heteroatoms. The van der Waals surface area contributed by atoms with E-state index in [2.05, 4.69) is 16.4 Å². The Labute approximate surface area is 210 Å². The van der Waals surface area contributed by atoms with Crippen LogP contribution < -0.4 is 10.2 Å². The minimum Gasteiger partial charge on any atom is -0.480 e. The molecule has 9 nitrogen and oxygen atoms in total. The second kappa shape index (κ2) is 9.06. The molecule has 2 atom stereocenters. The maximum atomic E-state index is 13.9. The van der Waals surface area contributed by atoms with Gasteiger partial charge >= 0.3 is 5.97 Å². The summed E-state index contributed by atoms with van der Waals surface area (Å²) in [5.74, 6) is -2.11. The summed E-state index contributed by atoms with van der Waals surface area (Å²) < 4.78 is 1.49. The molecule has 1 aromatic heterocycles. The lowest BCUT2D eigenvalue weighted by Gasteiger charge is -2.26. The third-order valence-electron chi connectivity index (χ3n) is 5.79. The molecule has 2 amide bonds. The number of hydrogen-bond donors (Lipinski definition) is 2. The Kier molecular flexibility index (Phi) is 6.28. The zero-order valence-electron chi connectivity index (χ0n) is 18.6. The van der Waals surface area contributed by atoms with Gasteiger partial charge in [0.2, 0.25) is 5.95 Å². The van der Waals surface area contributed by atoms with Crippen LogP contribution in [0.2, 0.25) is 10.0 Å². The van der Waals surface area contributed by atoms with Crippen molar-refractivity contribution in [3.8, 4) is 6.07 Å². The molecule has 2 N–H and O–H groups in total. The molecule has 0 fully saturated rings. The Morgan fingerprint density at radius 3 is 2.40 bits per heavy atom. The van der Waals surface area contributed by atoms with Crippen molar-refractivity contribution in [2.75, 3.05) is 4.90 Å². The van der Waals surface area contributed by atoms with Crippen LogP contribution in [0.4, 0.5) is 11.6 Å². The number of fused-ring (bicyclic) bond motifs is 1. The Balaban J connectivity index is 1.85. The predicted molar refractivity (Wildman–Crippen MR) is 129 cm³/mol. The molecule has 0 aliphatic carbocycles. The van der Waals surface area contributed by atoms with Gasteiger partial charge in [-0.25, -0.2) is 9.88 Å². The maximum Gasteiger partial charge on any atom is 0.325 e. The van der Waals surface area contributed by atoms with E-state index >= 15 is 0 Å². The number of aliphatic carboxylic acids is 1. The number of carbonyl (C=O) groups excluding carboxylic acids is 2. The highest BCUT2D eigenvalue weighted by atomic mass is 35.5. The quantitative estimate of drug-likeness (QED) is 0.516. The van der Waals surface area contributed by atoms with E-state index in [9.17, 15) is 19.5 Å². The number of rotatable bonds is 6. The lowest BCUT2D eigenvalue weighted by molar-refractivity contribution is -0.138. The summed E-state index contributed by atoms with van der Waals surface area (Å²) >= 11 is 12.4. The van der Waals surface area contributed by atoms with Gasteiger partial charge in [-0.1, -0.05) is 35.3 Å². The number of benzene rings is 2. The van der Waals surface area contributed by atoms with E-state index in [4.69, 9.17) is 28.5 Å². The second-order valence-electron chi connectivity index (χ2n) is 8.34. The van der Waals surface area contributed by atoms with Crippen LogP contribution in [-0.4, -0.2) is 38.5 Å². The standard InChI is InChI=1S/C24H19Cl2N5O4/c1-13(21(33)34)29-20(32)19-12-28-23-30(18-8-16(25)7-17(26)9-18)22(35)24(2,31(19)23)10-14-3-5-15(11-27)6-4-14/h3-9,12-13H,10H2,1-2H3,(H,29,32)(H,33,34). The Hall–Kier alpha value is -3.87. The minimum absolute atomic E-state index is 0.0215. The van der Waals surface area contributed by atoms with E-state index in [1.807, 2.05) is 0 Å². The first-order valence-electron chi connectivity index (χ1n) is 10.5. The first kappa shape index (κ1) is 24.3. The first-order valence-corrected chi connectivity index (χ1v) is 11.2. The highest BCUT2D eigenvalue weighted by Crippen LogP contribution is 2.43. The zero-order valence-corrected chi connectivity index (χ0v) is 20.1. The number of carbonyl (C=O) groups is 3. The SMILES string of the molecule is CC(NC(=O)c1cnc2n1C(C)(Cc1ccc(C#N)cc1)C(=O)N2c1cc(Cl)cc(Cl)c1)C(=O)O. The zero-order chi connectivity index (χ0) is 25.5. The van der Waals surface area contributed by atoms with Crippen LogP contribution in [0.15, 0.2) is 48.7 Å². The van der Waals surface area contributed by atoms with Gasteiger partial charge in [0.05, 0.1) is 23.5 Å². The van der Waals surface area contributed by atoms with E-state index in [-0.39, 0.29) is 24.0 Å². The van der Waals surface area contributed by atoms with Gasteiger partial charge < -0.3 is 10.4 Å². The number of halogens is 2. The van der Waals surface area contributed by atoms with Gasteiger partial charge in [0.15, 0.2) is 0 Å². The molecule has 0 bridgehead atoms. The molecule has 0 radical (unpaired) electrons. The van der Waals surface area contributed by atoms with Crippen molar-refractivity contribution < 1.29 is 19.5 Å². The normalized spacial score (nSPS) is 17.6. The third kappa shape index (κ3) is 4.34. The molecule has 35 heavy (non-hydrogen) atoms. The third-order valence-corrected chi connectivity index (χ3v) is 6.22. The summed E-state index contributed by atoms with van der Waals surface area (Å²) in [6.07, 6.45) is 1.46. The molecule has 1 aliphatic heterocycles. The molecular weight excluding hydrogens is 493 g/mol. The molecule has 1 aliphatic rings. The molecule has 178 valence electrons. The van der Waals surface area contributed by atoms with Crippen molar-refractivity contribution >= 4 is 52.6 Å². The number of hydrogen-bond acceptors (Lipinski definition) is 5. The molecule has 2 heterocycles. The largest absolute Gasteiger partial charge is 0.480 e. The molecule has 2 unspecified atom stereocenters. The maximum absolute atomic E-state index is 13.9. The summed E-state index contributed by atoms with van der Waals surface area (Å²) in [5, 5.41) is 21.3. The van der Waals surface area contributed by atoms with Crippen molar-refractivity contribution in [3.05, 3.63) is 75.5 Å². The molecule has 4 rings (SSSR count). The Morgan fingerprint density at radius 2 is 1.83 bits per heavy atom. The van der Waals surface area contributed by atoms with Crippen LogP contribution in [-0.2, 0) is 21.5 Å². The summed E-state index contributed by atoms with van der Waals surface area (Å²) in [7, 11) is 0. The highest BCUT2D eigenvalue weighted by Gasteiger charge is 2.51. The lowest BCUT2D eigenvalue weighted by Crippen LogP contribution is -2.44. The number of imidazole rings is 1. The summed E-state index contributed by atoms with van der Waals surface area (Å²) in [6, 6.07) is 12.3. The van der Waals surface area contributed by atoms with Crippen LogP contribution in [0.1, 0.15) is 35.5 Å². The van der Waals surface area contributed by atoms with E-state index in [0.717, 1.165) is 5.56 Å². The number of aromatic nitrogens is 2. The number of nitrogens with zero attached hydrogens (tertiary/aromatic N) is 4. The average molecular weight is 512 g/mol. The van der Waals surface area contributed by atoms with Crippen molar-refractivity contribution in [1.82, 2.24) is 14.9 Å². The Bertz CT molecular complexity index is 1380. The number of anilines is 2. The smallest absolute Gasteiger partial charge is 0.325 e. The average Bonchev–Trinajstić information content (AvgIpc) is 3.32. The molecular formula is C24H19Cl2N5O4. The number of carboxylic acids is 1. The number of nitriles is 1. The summed E-state index contributed by atoms with van der Waals surface area (Å²) in [5.41, 5.74) is 0.295. The molecule has 0 spiro atoms. The first-order chi connectivity index (χ1) is 16.5. The van der Waals surface area contributed by atoms with Crippen molar-refractivity contribution in [3.63, 3.8) is 0 Å². The van der Waals surface area contributed by atoms with Crippen LogP contribution in [0, 0.1) is 11.3 Å². The monoisotopic (exact) mass is 511 g/mol. The van der Waals surface area contributed by atoms with Crippen molar-refractivity contribution in [2.45, 2.75) is 31.8 Å². The van der Waals surface area contributed by atoms with Gasteiger partial charge in [-0.2, -0.15) is 5.26 Å². The van der Waals surface area contributed by atoms with E-state index in [1.54, 1.807) is 43.3 Å². The Morgan fingerprint density at radius 1 is 1.20 bits per heavy atom. The summed E-state index contributed by atoms with van der Waals surface area (Å²) in [4.78, 5) is 43.8. The highest BCUT2D eigenvalue weighted by molar-refractivity contribution is 6.35. The molecule has 3 aromatic rings.